The van der Waals surface area contributed by atoms with Crippen LogP contribution in [0.2, 0.25) is 0 Å². The van der Waals surface area contributed by atoms with Gasteiger partial charge in [-0.1, -0.05) is 48.5 Å². The topological polar surface area (TPSA) is 180 Å². The van der Waals surface area contributed by atoms with Gasteiger partial charge in [-0.3, -0.25) is 13.9 Å². The van der Waals surface area contributed by atoms with Gasteiger partial charge in [-0.25, -0.2) is 14.2 Å². The van der Waals surface area contributed by atoms with E-state index < -0.39 is 68.2 Å². The number of hydrogen-bond donors (Lipinski definition) is 2. The number of rotatable bonds is 12. The quantitative estimate of drug-likeness (QED) is 0.200. The van der Waals surface area contributed by atoms with Gasteiger partial charge in [0.15, 0.2) is 0 Å². The first kappa shape index (κ1) is 35.5. The minimum atomic E-state index is -4.59. The summed E-state index contributed by atoms with van der Waals surface area (Å²) in [6, 6.07) is 16.3. The molecule has 4 rings (SSSR count). The highest BCUT2D eigenvalue weighted by Gasteiger charge is 2.63. The molecule has 17 heteroatoms. The number of para-hydroxylation sites is 1. The number of esters is 1. The molecule has 1 saturated heterocycles. The molecule has 3 N–H and O–H groups in total. The SMILES string of the molecule is C[C@H](NP(=O)(OCC1OC(n2ccc(N)nc2=O)C(F)(F)C1OC(=O)OC(C)(C)C)Oc1ccccc1)C(=O)OCc1ccccc1. The standard InChI is InChI=1S/C30H35F2N4O10P/c1-19(25(37)41-17-20-11-7-5-8-12-20)35-47(40,46-21-13-9-6-10-14-21)42-18-22-24(44-28(39)45-29(2,3)4)30(31,32)26(43-22)36-16-15-23(33)34-27(36)38/h5-16,19,22,24,26H,17-18H2,1-4H3,(H,35,40)(H2,33,34,38)/t19-,22?,24?,26?,47?/m0/s1. The molecule has 0 bridgehead atoms. The highest BCUT2D eigenvalue weighted by molar-refractivity contribution is 7.52. The minimum absolute atomic E-state index is 0.0461. The minimum Gasteiger partial charge on any atom is -0.460 e. The Bertz CT molecular complexity index is 1640. The zero-order valence-corrected chi connectivity index (χ0v) is 26.8. The number of aromatic nitrogens is 2. The normalized spacial score (nSPS) is 20.9. The summed E-state index contributed by atoms with van der Waals surface area (Å²) in [5.74, 6) is -5.07. The van der Waals surface area contributed by atoms with Gasteiger partial charge in [0.1, 0.15) is 35.9 Å². The molecule has 3 aromatic rings. The lowest BCUT2D eigenvalue weighted by Gasteiger charge is -2.27. The molecule has 5 atom stereocenters. The molecular weight excluding hydrogens is 645 g/mol. The second kappa shape index (κ2) is 14.6. The molecule has 0 amide bonds. The Morgan fingerprint density at radius 3 is 2.36 bits per heavy atom. The van der Waals surface area contributed by atoms with Crippen LogP contribution in [0.5, 0.6) is 5.75 Å². The molecule has 2 aromatic carbocycles. The van der Waals surface area contributed by atoms with Gasteiger partial charge in [0, 0.05) is 6.20 Å². The van der Waals surface area contributed by atoms with Gasteiger partial charge in [-0.2, -0.15) is 18.9 Å². The number of nitrogens with two attached hydrogens (primary N) is 1. The first-order chi connectivity index (χ1) is 22.1. The fraction of sp³-hybridized carbons (Fsp3) is 0.400. The summed E-state index contributed by atoms with van der Waals surface area (Å²) >= 11 is 0. The molecule has 1 aliphatic rings. The van der Waals surface area contributed by atoms with Gasteiger partial charge in [0.2, 0.25) is 12.3 Å². The van der Waals surface area contributed by atoms with Crippen molar-refractivity contribution >= 4 is 25.7 Å². The lowest BCUT2D eigenvalue weighted by molar-refractivity contribution is -0.149. The Labute approximate surface area is 268 Å². The van der Waals surface area contributed by atoms with Crippen molar-refractivity contribution in [3.8, 4) is 5.75 Å². The molecule has 4 unspecified atom stereocenters. The molecule has 14 nitrogen and oxygen atoms in total. The van der Waals surface area contributed by atoms with Gasteiger partial charge >= 0.3 is 31.5 Å². The van der Waals surface area contributed by atoms with E-state index in [2.05, 4.69) is 10.1 Å². The Kier molecular flexibility index (Phi) is 11.0. The number of benzene rings is 2. The predicted octanol–water partition coefficient (Wildman–Crippen LogP) is 4.60. The third kappa shape index (κ3) is 9.58. The van der Waals surface area contributed by atoms with Crippen LogP contribution >= 0.6 is 7.75 Å². The van der Waals surface area contributed by atoms with Gasteiger partial charge in [0.05, 0.1) is 6.61 Å². The summed E-state index contributed by atoms with van der Waals surface area (Å²) in [5.41, 5.74) is 3.92. The lowest BCUT2D eigenvalue weighted by atomic mass is 10.1. The number of halogens is 2. The zero-order valence-electron chi connectivity index (χ0n) is 25.9. The number of carbonyl (C=O) groups excluding carboxylic acids is 2. The van der Waals surface area contributed by atoms with Crippen molar-refractivity contribution in [2.45, 2.75) is 70.3 Å². The van der Waals surface area contributed by atoms with Crippen LogP contribution in [0.1, 0.15) is 39.5 Å². The molecule has 0 radical (unpaired) electrons. The van der Waals surface area contributed by atoms with E-state index in [1.165, 1.54) is 39.8 Å². The number of nitrogen functional groups attached to an aromatic ring is 1. The van der Waals surface area contributed by atoms with Gasteiger partial charge < -0.3 is 29.2 Å². The average Bonchev–Trinajstić information content (AvgIpc) is 3.23. The molecule has 2 heterocycles. The molecule has 0 aliphatic carbocycles. The number of nitrogens with one attached hydrogen (secondary N) is 1. The molecule has 0 saturated carbocycles. The lowest BCUT2D eigenvalue weighted by Crippen LogP contribution is -2.45. The Morgan fingerprint density at radius 1 is 1.11 bits per heavy atom. The summed E-state index contributed by atoms with van der Waals surface area (Å²) in [7, 11) is -4.59. The maximum Gasteiger partial charge on any atom is 0.509 e. The second-order valence-corrected chi connectivity index (χ2v) is 13.1. The Balaban J connectivity index is 1.58. The van der Waals surface area contributed by atoms with Crippen molar-refractivity contribution in [2.24, 2.45) is 0 Å². The smallest absolute Gasteiger partial charge is 0.460 e. The van der Waals surface area contributed by atoms with E-state index in [-0.39, 0.29) is 18.2 Å². The number of ether oxygens (including phenoxy) is 4. The van der Waals surface area contributed by atoms with Crippen LogP contribution in [0.3, 0.4) is 0 Å². The Morgan fingerprint density at radius 2 is 1.74 bits per heavy atom. The maximum absolute atomic E-state index is 15.9. The first-order valence-electron chi connectivity index (χ1n) is 14.3. The van der Waals surface area contributed by atoms with E-state index in [1.807, 2.05) is 0 Å². The van der Waals surface area contributed by atoms with Crippen molar-refractivity contribution in [1.29, 1.82) is 0 Å². The maximum atomic E-state index is 15.9. The van der Waals surface area contributed by atoms with Crippen LogP contribution in [0.25, 0.3) is 0 Å². The van der Waals surface area contributed by atoms with Crippen LogP contribution in [0, 0.1) is 0 Å². The van der Waals surface area contributed by atoms with Crippen molar-refractivity contribution < 1.29 is 50.9 Å². The Hall–Kier alpha value is -4.37. The molecule has 1 fully saturated rings. The van der Waals surface area contributed by atoms with Crippen LogP contribution in [-0.2, 0) is 39.4 Å². The number of nitrogens with zero attached hydrogens (tertiary/aromatic N) is 2. The van der Waals surface area contributed by atoms with E-state index >= 15 is 8.78 Å². The van der Waals surface area contributed by atoms with Gasteiger partial charge in [-0.15, -0.1) is 0 Å². The molecule has 1 aliphatic heterocycles. The van der Waals surface area contributed by atoms with E-state index in [4.69, 9.17) is 33.7 Å². The van der Waals surface area contributed by atoms with Crippen LogP contribution in [-0.4, -0.2) is 58.1 Å². The summed E-state index contributed by atoms with van der Waals surface area (Å²) < 4.78 is 78.2. The number of hydrogen-bond acceptors (Lipinski definition) is 12. The van der Waals surface area contributed by atoms with E-state index in [9.17, 15) is 18.9 Å². The second-order valence-electron chi connectivity index (χ2n) is 11.4. The highest BCUT2D eigenvalue weighted by atomic mass is 31.2. The zero-order chi connectivity index (χ0) is 34.4. The molecule has 1 aromatic heterocycles. The van der Waals surface area contributed by atoms with Crippen molar-refractivity contribution in [2.75, 3.05) is 12.3 Å². The number of alkyl halides is 2. The van der Waals surface area contributed by atoms with Crippen LogP contribution in [0.4, 0.5) is 19.4 Å². The average molecular weight is 681 g/mol. The number of anilines is 1. The third-order valence-corrected chi connectivity index (χ3v) is 8.02. The van der Waals surface area contributed by atoms with E-state index in [0.29, 0.717) is 10.1 Å². The summed E-state index contributed by atoms with van der Waals surface area (Å²) in [5, 5.41) is 2.45. The molecule has 254 valence electrons. The van der Waals surface area contributed by atoms with E-state index in [0.717, 1.165) is 12.3 Å². The molecule has 0 spiro atoms. The fourth-order valence-electron chi connectivity index (χ4n) is 4.26. The number of carbonyl (C=O) groups is 2. The monoisotopic (exact) mass is 680 g/mol. The third-order valence-electron chi connectivity index (χ3n) is 6.37. The highest BCUT2D eigenvalue weighted by Crippen LogP contribution is 2.49. The summed E-state index contributed by atoms with van der Waals surface area (Å²) in [4.78, 5) is 41.2. The largest absolute Gasteiger partial charge is 0.509 e. The van der Waals surface area contributed by atoms with Gasteiger partial charge in [-0.05, 0) is 51.5 Å². The fourth-order valence-corrected chi connectivity index (χ4v) is 5.76. The summed E-state index contributed by atoms with van der Waals surface area (Å²) in [6.07, 6.45) is -7.13. The summed E-state index contributed by atoms with van der Waals surface area (Å²) in [6.45, 7) is 4.80. The van der Waals surface area contributed by atoms with Crippen molar-refractivity contribution in [3.63, 3.8) is 0 Å². The first-order valence-corrected chi connectivity index (χ1v) is 15.9. The van der Waals surface area contributed by atoms with E-state index in [1.54, 1.807) is 48.5 Å². The predicted molar refractivity (Wildman–Crippen MR) is 162 cm³/mol. The molecular formula is C30H35F2N4O10P. The van der Waals surface area contributed by atoms with Gasteiger partial charge in [0.25, 0.3) is 0 Å². The van der Waals surface area contributed by atoms with Crippen molar-refractivity contribution in [1.82, 2.24) is 14.6 Å². The van der Waals surface area contributed by atoms with Crippen molar-refractivity contribution in [3.05, 3.63) is 89.0 Å². The molecule has 47 heavy (non-hydrogen) atoms. The van der Waals surface area contributed by atoms with Crippen LogP contribution < -0.4 is 21.0 Å². The van der Waals surface area contributed by atoms with Crippen LogP contribution in [0.15, 0.2) is 77.7 Å².